The molecule has 0 spiro atoms. The molecule has 1 rings (SSSR count). The van der Waals surface area contributed by atoms with Gasteiger partial charge in [0.1, 0.15) is 0 Å². The number of hydrogen-bond donors (Lipinski definition) is 2. The highest BCUT2D eigenvalue weighted by Crippen LogP contribution is 2.21. The van der Waals surface area contributed by atoms with Crippen LogP contribution in [0.3, 0.4) is 0 Å². The van der Waals surface area contributed by atoms with Gasteiger partial charge in [-0.05, 0) is 31.0 Å². The first kappa shape index (κ1) is 10.9. The van der Waals surface area contributed by atoms with E-state index in [1.807, 2.05) is 0 Å². The van der Waals surface area contributed by atoms with Crippen molar-refractivity contribution in [1.82, 2.24) is 0 Å². The molecular formula is C9H10O4S. The summed E-state index contributed by atoms with van der Waals surface area (Å²) in [7, 11) is 0. The Hall–Kier alpha value is -1.20. The molecule has 1 aromatic carbocycles. The van der Waals surface area contributed by atoms with E-state index in [0.717, 1.165) is 5.56 Å². The van der Waals surface area contributed by atoms with Gasteiger partial charge in [0.25, 0.3) is 0 Å². The fourth-order valence-corrected chi connectivity index (χ4v) is 1.95. The summed E-state index contributed by atoms with van der Waals surface area (Å²) in [6.45, 7) is 3.39. The lowest BCUT2D eigenvalue weighted by molar-refractivity contribution is 0.0692. The highest BCUT2D eigenvalue weighted by atomic mass is 32.2. The molecule has 0 aliphatic rings. The van der Waals surface area contributed by atoms with E-state index in [4.69, 9.17) is 9.66 Å². The molecule has 0 aliphatic carbocycles. The second kappa shape index (κ2) is 3.89. The summed E-state index contributed by atoms with van der Waals surface area (Å²) in [6, 6.07) is 2.96. The van der Waals surface area contributed by atoms with E-state index >= 15 is 0 Å². The Bertz CT molecular complexity index is 412. The van der Waals surface area contributed by atoms with E-state index < -0.39 is 17.0 Å². The summed E-state index contributed by atoms with van der Waals surface area (Å²) in [5, 5.41) is 8.78. The Morgan fingerprint density at radius 3 is 2.36 bits per heavy atom. The van der Waals surface area contributed by atoms with Crippen LogP contribution in [0.2, 0.25) is 0 Å². The summed E-state index contributed by atoms with van der Waals surface area (Å²) in [5.74, 6) is -1.19. The Kier molecular flexibility index (Phi) is 3.03. The number of benzene rings is 1. The number of carboxylic acids is 1. The minimum absolute atomic E-state index is 0.0162. The molecular weight excluding hydrogens is 204 g/mol. The van der Waals surface area contributed by atoms with E-state index in [-0.39, 0.29) is 10.5 Å². The maximum atomic E-state index is 10.9. The van der Waals surface area contributed by atoms with Crippen molar-refractivity contribution in [2.75, 3.05) is 0 Å². The van der Waals surface area contributed by atoms with Gasteiger partial charge in [-0.25, -0.2) is 9.00 Å². The molecule has 0 bridgehead atoms. The van der Waals surface area contributed by atoms with Crippen molar-refractivity contribution in [2.45, 2.75) is 18.7 Å². The number of aromatic carboxylic acids is 1. The van der Waals surface area contributed by atoms with Crippen molar-refractivity contribution in [2.24, 2.45) is 0 Å². The Labute approximate surface area is 83.9 Å². The third-order valence-corrected chi connectivity index (χ3v) is 2.96. The molecule has 14 heavy (non-hydrogen) atoms. The fourth-order valence-electron chi connectivity index (χ4n) is 1.18. The zero-order valence-corrected chi connectivity index (χ0v) is 8.59. The van der Waals surface area contributed by atoms with Crippen LogP contribution < -0.4 is 0 Å². The maximum absolute atomic E-state index is 10.9. The van der Waals surface area contributed by atoms with Crippen molar-refractivity contribution in [3.8, 4) is 0 Å². The molecule has 1 atom stereocenters. The average molecular weight is 214 g/mol. The molecule has 0 fully saturated rings. The van der Waals surface area contributed by atoms with Crippen LogP contribution in [-0.2, 0) is 11.1 Å². The molecule has 76 valence electrons. The summed E-state index contributed by atoms with van der Waals surface area (Å²) < 4.78 is 19.9. The first-order valence-electron chi connectivity index (χ1n) is 3.89. The van der Waals surface area contributed by atoms with Crippen LogP contribution >= 0.6 is 0 Å². The van der Waals surface area contributed by atoms with Gasteiger partial charge >= 0.3 is 5.97 Å². The van der Waals surface area contributed by atoms with Gasteiger partial charge in [-0.15, -0.1) is 0 Å². The molecule has 2 N–H and O–H groups in total. The monoisotopic (exact) mass is 214 g/mol. The minimum atomic E-state index is -2.26. The second-order valence-corrected chi connectivity index (χ2v) is 3.85. The van der Waals surface area contributed by atoms with E-state index in [2.05, 4.69) is 0 Å². The van der Waals surface area contributed by atoms with Gasteiger partial charge in [-0.3, -0.25) is 0 Å². The van der Waals surface area contributed by atoms with Crippen LogP contribution in [0.5, 0.6) is 0 Å². The van der Waals surface area contributed by atoms with Gasteiger partial charge < -0.3 is 9.66 Å². The molecule has 0 saturated heterocycles. The molecule has 0 amide bonds. The summed E-state index contributed by atoms with van der Waals surface area (Å²) in [6.07, 6.45) is 0. The Morgan fingerprint density at radius 1 is 1.36 bits per heavy atom. The van der Waals surface area contributed by atoms with E-state index in [1.165, 1.54) is 6.07 Å². The predicted octanol–water partition coefficient (Wildman–Crippen LogP) is 1.58. The number of carbonyl (C=O) groups is 1. The first-order chi connectivity index (χ1) is 6.45. The summed E-state index contributed by atoms with van der Waals surface area (Å²) >= 11 is -2.26. The quantitative estimate of drug-likeness (QED) is 0.733. The molecule has 0 aliphatic heterocycles. The van der Waals surface area contributed by atoms with Crippen molar-refractivity contribution in [3.05, 3.63) is 28.8 Å². The third kappa shape index (κ3) is 1.83. The van der Waals surface area contributed by atoms with Crippen molar-refractivity contribution in [1.29, 1.82) is 0 Å². The smallest absolute Gasteiger partial charge is 0.337 e. The van der Waals surface area contributed by atoms with Crippen LogP contribution in [0.1, 0.15) is 21.5 Å². The van der Waals surface area contributed by atoms with Gasteiger partial charge in [0.15, 0.2) is 11.1 Å². The zero-order chi connectivity index (χ0) is 10.9. The highest BCUT2D eigenvalue weighted by molar-refractivity contribution is 7.79. The van der Waals surface area contributed by atoms with E-state index in [1.54, 1.807) is 19.9 Å². The second-order valence-electron chi connectivity index (χ2n) is 2.94. The lowest BCUT2D eigenvalue weighted by Gasteiger charge is -2.08. The molecule has 1 aromatic rings. The first-order valence-corrected chi connectivity index (χ1v) is 5.00. The lowest BCUT2D eigenvalue weighted by atomic mass is 10.1. The van der Waals surface area contributed by atoms with E-state index in [9.17, 15) is 9.00 Å². The van der Waals surface area contributed by atoms with Gasteiger partial charge in [0.2, 0.25) is 0 Å². The predicted molar refractivity (Wildman–Crippen MR) is 51.9 cm³/mol. The molecule has 5 heteroatoms. The largest absolute Gasteiger partial charge is 0.478 e. The van der Waals surface area contributed by atoms with Crippen LogP contribution in [0.25, 0.3) is 0 Å². The van der Waals surface area contributed by atoms with Crippen molar-refractivity contribution < 1.29 is 18.7 Å². The molecule has 0 saturated carbocycles. The number of aryl methyl sites for hydroxylation is 1. The maximum Gasteiger partial charge on any atom is 0.337 e. The van der Waals surface area contributed by atoms with Gasteiger partial charge in [0, 0.05) is 0 Å². The summed E-state index contributed by atoms with van der Waals surface area (Å²) in [5.41, 5.74) is 1.23. The number of hydrogen-bond acceptors (Lipinski definition) is 2. The van der Waals surface area contributed by atoms with Gasteiger partial charge in [-0.2, -0.15) is 0 Å². The highest BCUT2D eigenvalue weighted by Gasteiger charge is 2.17. The third-order valence-electron chi connectivity index (χ3n) is 2.08. The standard InChI is InChI=1S/C9H10O4S/c1-5-3-4-7(9(10)11)8(6(5)2)14(12)13/h3-4H,1-2H3,(H,10,11)(H,12,13). The van der Waals surface area contributed by atoms with Crippen LogP contribution in [-0.4, -0.2) is 19.8 Å². The summed E-state index contributed by atoms with van der Waals surface area (Å²) in [4.78, 5) is 10.7. The topological polar surface area (TPSA) is 74.6 Å². The Morgan fingerprint density at radius 2 is 1.93 bits per heavy atom. The average Bonchev–Trinajstić information content (AvgIpc) is 2.08. The van der Waals surface area contributed by atoms with Gasteiger partial charge in [0.05, 0.1) is 10.5 Å². The molecule has 0 radical (unpaired) electrons. The van der Waals surface area contributed by atoms with Gasteiger partial charge in [-0.1, -0.05) is 6.07 Å². The fraction of sp³-hybridized carbons (Fsp3) is 0.222. The van der Waals surface area contributed by atoms with E-state index in [0.29, 0.717) is 5.56 Å². The lowest BCUT2D eigenvalue weighted by Crippen LogP contribution is -2.06. The van der Waals surface area contributed by atoms with Crippen molar-refractivity contribution in [3.63, 3.8) is 0 Å². The van der Waals surface area contributed by atoms with Crippen LogP contribution in [0.4, 0.5) is 0 Å². The molecule has 0 aromatic heterocycles. The normalized spacial score (nSPS) is 12.5. The van der Waals surface area contributed by atoms with Crippen LogP contribution in [0, 0.1) is 13.8 Å². The van der Waals surface area contributed by atoms with Crippen molar-refractivity contribution >= 4 is 17.0 Å². The van der Waals surface area contributed by atoms with Crippen LogP contribution in [0.15, 0.2) is 17.0 Å². The minimum Gasteiger partial charge on any atom is -0.478 e. The Balaban J connectivity index is 3.53. The molecule has 4 nitrogen and oxygen atoms in total. The number of carboxylic acid groups (broad SMARTS) is 1. The molecule has 1 unspecified atom stereocenters. The molecule has 0 heterocycles. The zero-order valence-electron chi connectivity index (χ0n) is 7.77. The SMILES string of the molecule is Cc1ccc(C(=O)O)c(S(=O)O)c1C. The number of rotatable bonds is 2.